The second kappa shape index (κ2) is 6.95. The highest BCUT2D eigenvalue weighted by Crippen LogP contribution is 2.14. The number of rotatable bonds is 5. The zero-order valence-electron chi connectivity index (χ0n) is 13.2. The van der Waals surface area contributed by atoms with Crippen molar-refractivity contribution in [3.8, 4) is 11.5 Å². The number of carbonyl (C=O) groups excluding carboxylic acids is 1. The molecular weight excluding hydrogens is 306 g/mol. The third-order valence-corrected chi connectivity index (χ3v) is 3.61. The summed E-state index contributed by atoms with van der Waals surface area (Å²) in [5.41, 5.74) is 2.03. The van der Waals surface area contributed by atoms with Crippen molar-refractivity contribution in [1.82, 2.24) is 9.55 Å². The first-order valence-electron chi connectivity index (χ1n) is 7.65. The SMILES string of the molecule is CCc1ccc(NC(=O)Cn2cnc(-c3ccco3)cc2=O)cc1. The van der Waals surface area contributed by atoms with Crippen LogP contribution in [0.25, 0.3) is 11.5 Å². The van der Waals surface area contributed by atoms with E-state index in [4.69, 9.17) is 4.42 Å². The lowest BCUT2D eigenvalue weighted by Crippen LogP contribution is -2.27. The van der Waals surface area contributed by atoms with Crippen molar-refractivity contribution in [1.29, 1.82) is 0 Å². The van der Waals surface area contributed by atoms with Crippen LogP contribution in [0.1, 0.15) is 12.5 Å². The lowest BCUT2D eigenvalue weighted by molar-refractivity contribution is -0.116. The third-order valence-electron chi connectivity index (χ3n) is 3.61. The molecule has 122 valence electrons. The van der Waals surface area contributed by atoms with E-state index in [2.05, 4.69) is 17.2 Å². The highest BCUT2D eigenvalue weighted by molar-refractivity contribution is 5.90. The van der Waals surface area contributed by atoms with Gasteiger partial charge < -0.3 is 9.73 Å². The first-order chi connectivity index (χ1) is 11.7. The molecule has 0 radical (unpaired) electrons. The zero-order valence-corrected chi connectivity index (χ0v) is 13.2. The summed E-state index contributed by atoms with van der Waals surface area (Å²) in [4.78, 5) is 28.3. The molecule has 1 amide bonds. The van der Waals surface area contributed by atoms with Crippen LogP contribution < -0.4 is 10.9 Å². The zero-order chi connectivity index (χ0) is 16.9. The molecular formula is C18H17N3O3. The van der Waals surface area contributed by atoms with E-state index in [1.54, 1.807) is 12.1 Å². The highest BCUT2D eigenvalue weighted by Gasteiger charge is 2.08. The minimum absolute atomic E-state index is 0.0974. The molecule has 6 nitrogen and oxygen atoms in total. The number of amides is 1. The van der Waals surface area contributed by atoms with Crippen molar-refractivity contribution in [3.05, 3.63) is 71.0 Å². The fourth-order valence-electron chi connectivity index (χ4n) is 2.28. The van der Waals surface area contributed by atoms with Gasteiger partial charge in [-0.3, -0.25) is 14.2 Å². The van der Waals surface area contributed by atoms with Gasteiger partial charge in [-0.2, -0.15) is 0 Å². The summed E-state index contributed by atoms with van der Waals surface area (Å²) in [6.07, 6.45) is 3.80. The van der Waals surface area contributed by atoms with Gasteiger partial charge in [0, 0.05) is 11.8 Å². The van der Waals surface area contributed by atoms with Crippen LogP contribution in [0.15, 0.2) is 64.3 Å². The molecule has 1 aromatic carbocycles. The molecule has 6 heteroatoms. The molecule has 0 spiro atoms. The molecule has 0 unspecified atom stereocenters. The average molecular weight is 323 g/mol. The number of benzene rings is 1. The van der Waals surface area contributed by atoms with Gasteiger partial charge in [0.15, 0.2) is 5.76 Å². The normalized spacial score (nSPS) is 10.5. The number of aromatic nitrogens is 2. The molecule has 0 saturated heterocycles. The van der Waals surface area contributed by atoms with Crippen LogP contribution in [0.4, 0.5) is 5.69 Å². The molecule has 0 aliphatic carbocycles. The minimum atomic E-state index is -0.312. The van der Waals surface area contributed by atoms with Crippen molar-refractivity contribution < 1.29 is 9.21 Å². The summed E-state index contributed by atoms with van der Waals surface area (Å²) in [5, 5.41) is 2.77. The largest absolute Gasteiger partial charge is 0.463 e. The third kappa shape index (κ3) is 3.60. The number of anilines is 1. The number of aryl methyl sites for hydroxylation is 1. The molecule has 0 saturated carbocycles. The Labute approximate surface area is 138 Å². The quantitative estimate of drug-likeness (QED) is 0.783. The summed E-state index contributed by atoms with van der Waals surface area (Å²) < 4.78 is 6.46. The number of hydrogen-bond acceptors (Lipinski definition) is 4. The standard InChI is InChI=1S/C18H17N3O3/c1-2-13-5-7-14(8-6-13)20-17(22)11-21-12-19-15(10-18(21)23)16-4-3-9-24-16/h3-10,12H,2,11H2,1H3,(H,20,22). The summed E-state index contributed by atoms with van der Waals surface area (Å²) in [5.74, 6) is 0.230. The molecule has 2 aromatic heterocycles. The Morgan fingerprint density at radius 2 is 2.04 bits per heavy atom. The number of carbonyl (C=O) groups is 1. The molecule has 2 heterocycles. The first kappa shape index (κ1) is 15.7. The van der Waals surface area contributed by atoms with Crippen molar-refractivity contribution in [2.24, 2.45) is 0 Å². The van der Waals surface area contributed by atoms with Gasteiger partial charge in [0.2, 0.25) is 5.91 Å². The van der Waals surface area contributed by atoms with Crippen LogP contribution in [-0.4, -0.2) is 15.5 Å². The van der Waals surface area contributed by atoms with Crippen LogP contribution in [0.2, 0.25) is 0 Å². The van der Waals surface area contributed by atoms with Crippen molar-refractivity contribution in [3.63, 3.8) is 0 Å². The van der Waals surface area contributed by atoms with E-state index in [-0.39, 0.29) is 18.0 Å². The summed E-state index contributed by atoms with van der Waals surface area (Å²) in [6.45, 7) is 1.97. The summed E-state index contributed by atoms with van der Waals surface area (Å²) >= 11 is 0. The number of nitrogens with one attached hydrogen (secondary N) is 1. The molecule has 24 heavy (non-hydrogen) atoms. The van der Waals surface area contributed by atoms with Gasteiger partial charge in [0.25, 0.3) is 5.56 Å². The Balaban J connectivity index is 1.68. The van der Waals surface area contributed by atoms with E-state index >= 15 is 0 Å². The van der Waals surface area contributed by atoms with E-state index in [9.17, 15) is 9.59 Å². The van der Waals surface area contributed by atoms with Crippen LogP contribution in [0.5, 0.6) is 0 Å². The Morgan fingerprint density at radius 3 is 2.67 bits per heavy atom. The maximum absolute atomic E-state index is 12.1. The van der Waals surface area contributed by atoms with Crippen LogP contribution >= 0.6 is 0 Å². The maximum atomic E-state index is 12.1. The molecule has 0 atom stereocenters. The van der Waals surface area contributed by atoms with Gasteiger partial charge in [-0.05, 0) is 36.2 Å². The molecule has 1 N–H and O–H groups in total. The summed E-state index contributed by atoms with van der Waals surface area (Å²) in [6, 6.07) is 12.4. The minimum Gasteiger partial charge on any atom is -0.463 e. The molecule has 0 bridgehead atoms. The molecule has 0 fully saturated rings. The van der Waals surface area contributed by atoms with Crippen molar-refractivity contribution in [2.75, 3.05) is 5.32 Å². The molecule has 0 aliphatic heterocycles. The van der Waals surface area contributed by atoms with E-state index < -0.39 is 0 Å². The Morgan fingerprint density at radius 1 is 1.25 bits per heavy atom. The fraction of sp³-hybridized carbons (Fsp3) is 0.167. The van der Waals surface area contributed by atoms with Crippen LogP contribution in [0, 0.1) is 0 Å². The molecule has 0 aliphatic rings. The highest BCUT2D eigenvalue weighted by atomic mass is 16.3. The predicted molar refractivity (Wildman–Crippen MR) is 90.6 cm³/mol. The van der Waals surface area contributed by atoms with Gasteiger partial charge in [0.1, 0.15) is 12.2 Å². The van der Waals surface area contributed by atoms with Gasteiger partial charge in [-0.25, -0.2) is 4.98 Å². The number of hydrogen-bond donors (Lipinski definition) is 1. The van der Waals surface area contributed by atoms with Gasteiger partial charge >= 0.3 is 0 Å². The van der Waals surface area contributed by atoms with Gasteiger partial charge in [-0.15, -0.1) is 0 Å². The van der Waals surface area contributed by atoms with E-state index in [0.717, 1.165) is 6.42 Å². The topological polar surface area (TPSA) is 77.1 Å². The average Bonchev–Trinajstić information content (AvgIpc) is 3.12. The fourth-order valence-corrected chi connectivity index (χ4v) is 2.28. The van der Waals surface area contributed by atoms with Crippen LogP contribution in [0.3, 0.4) is 0 Å². The van der Waals surface area contributed by atoms with Gasteiger partial charge in [0.05, 0.1) is 12.6 Å². The van der Waals surface area contributed by atoms with Crippen LogP contribution in [-0.2, 0) is 17.8 Å². The number of nitrogens with zero attached hydrogens (tertiary/aromatic N) is 2. The smallest absolute Gasteiger partial charge is 0.254 e. The Hall–Kier alpha value is -3.15. The van der Waals surface area contributed by atoms with Gasteiger partial charge in [-0.1, -0.05) is 19.1 Å². The first-order valence-corrected chi connectivity index (χ1v) is 7.65. The van der Waals surface area contributed by atoms with E-state index in [1.165, 1.54) is 28.8 Å². The van der Waals surface area contributed by atoms with E-state index in [1.807, 2.05) is 24.3 Å². The van der Waals surface area contributed by atoms with E-state index in [0.29, 0.717) is 17.1 Å². The molecule has 3 aromatic rings. The number of furan rings is 1. The van der Waals surface area contributed by atoms with Crippen molar-refractivity contribution >= 4 is 11.6 Å². The second-order valence-electron chi connectivity index (χ2n) is 5.32. The lowest BCUT2D eigenvalue weighted by atomic mass is 10.1. The predicted octanol–water partition coefficient (Wildman–Crippen LogP) is 2.70. The Bertz CT molecular complexity index is 881. The second-order valence-corrected chi connectivity index (χ2v) is 5.32. The Kier molecular flexibility index (Phi) is 4.56. The monoisotopic (exact) mass is 323 g/mol. The van der Waals surface area contributed by atoms with Crippen molar-refractivity contribution in [2.45, 2.75) is 19.9 Å². The lowest BCUT2D eigenvalue weighted by Gasteiger charge is -2.08. The molecule has 3 rings (SSSR count). The summed E-state index contributed by atoms with van der Waals surface area (Å²) in [7, 11) is 0. The maximum Gasteiger partial charge on any atom is 0.254 e.